The summed E-state index contributed by atoms with van der Waals surface area (Å²) in [6.45, 7) is 4.62. The van der Waals surface area contributed by atoms with E-state index in [9.17, 15) is 0 Å². The number of rotatable bonds is 3. The normalized spacial score (nSPS) is 11.0. The molecule has 5 heteroatoms. The number of aromatic nitrogens is 2. The molecule has 0 aliphatic carbocycles. The molecule has 0 aliphatic rings. The smallest absolute Gasteiger partial charge is 0.148 e. The average molecular weight is 259 g/mol. The molecule has 3 aromatic rings. The van der Waals surface area contributed by atoms with Gasteiger partial charge in [0, 0.05) is 0 Å². The molecular formula is C13H13N3OS. The third kappa shape index (κ3) is 1.97. The minimum absolute atomic E-state index is 0.634. The summed E-state index contributed by atoms with van der Waals surface area (Å²) >= 11 is 1.67. The van der Waals surface area contributed by atoms with Crippen molar-refractivity contribution in [2.45, 2.75) is 20.4 Å². The van der Waals surface area contributed by atoms with E-state index < -0.39 is 0 Å². The van der Waals surface area contributed by atoms with Crippen LogP contribution >= 0.6 is 11.3 Å². The molecule has 0 saturated heterocycles. The zero-order valence-corrected chi connectivity index (χ0v) is 11.0. The number of thiophene rings is 1. The van der Waals surface area contributed by atoms with E-state index in [0.29, 0.717) is 6.54 Å². The van der Waals surface area contributed by atoms with E-state index in [1.807, 2.05) is 19.1 Å². The lowest BCUT2D eigenvalue weighted by Gasteiger charge is -2.06. The fraction of sp³-hybridized carbons (Fsp3) is 0.231. The van der Waals surface area contributed by atoms with Gasteiger partial charge >= 0.3 is 0 Å². The van der Waals surface area contributed by atoms with Gasteiger partial charge in [-0.15, -0.1) is 11.3 Å². The average Bonchev–Trinajstić information content (AvgIpc) is 2.97. The number of fused-ring (bicyclic) bond motifs is 1. The van der Waals surface area contributed by atoms with Crippen molar-refractivity contribution in [2.75, 3.05) is 5.32 Å². The standard InChI is InChI=1S/C13H13N3OS/c1-8-7-18-12-11(8)15-9(2)16-13(12)14-6-10-4-3-5-17-10/h3-5,7H,6H2,1-2H3,(H,14,15,16). The van der Waals surface area contributed by atoms with Crippen LogP contribution in [0.2, 0.25) is 0 Å². The minimum Gasteiger partial charge on any atom is -0.467 e. The summed E-state index contributed by atoms with van der Waals surface area (Å²) in [5.41, 5.74) is 2.23. The molecule has 1 N–H and O–H groups in total. The van der Waals surface area contributed by atoms with E-state index in [4.69, 9.17) is 4.42 Å². The number of nitrogens with zero attached hydrogens (tertiary/aromatic N) is 2. The van der Waals surface area contributed by atoms with E-state index >= 15 is 0 Å². The maximum Gasteiger partial charge on any atom is 0.148 e. The fourth-order valence-electron chi connectivity index (χ4n) is 1.85. The van der Waals surface area contributed by atoms with Crippen molar-refractivity contribution < 1.29 is 4.42 Å². The van der Waals surface area contributed by atoms with Gasteiger partial charge in [-0.1, -0.05) is 0 Å². The highest BCUT2D eigenvalue weighted by molar-refractivity contribution is 7.18. The summed E-state index contributed by atoms with van der Waals surface area (Å²) in [5.74, 6) is 2.56. The summed E-state index contributed by atoms with van der Waals surface area (Å²) in [5, 5.41) is 5.42. The molecule has 3 rings (SSSR count). The number of hydrogen-bond acceptors (Lipinski definition) is 5. The molecule has 0 saturated carbocycles. The van der Waals surface area contributed by atoms with Crippen molar-refractivity contribution >= 4 is 27.4 Å². The number of furan rings is 1. The highest BCUT2D eigenvalue weighted by Gasteiger charge is 2.10. The number of anilines is 1. The van der Waals surface area contributed by atoms with Crippen molar-refractivity contribution in [1.82, 2.24) is 9.97 Å². The van der Waals surface area contributed by atoms with Crippen molar-refractivity contribution in [1.29, 1.82) is 0 Å². The van der Waals surface area contributed by atoms with Crippen molar-refractivity contribution in [2.24, 2.45) is 0 Å². The topological polar surface area (TPSA) is 51.0 Å². The molecule has 0 unspecified atom stereocenters. The Bertz CT molecular complexity index is 673. The largest absolute Gasteiger partial charge is 0.467 e. The molecule has 0 bridgehead atoms. The second-order valence-corrected chi connectivity index (χ2v) is 5.03. The first-order chi connectivity index (χ1) is 8.74. The lowest BCUT2D eigenvalue weighted by molar-refractivity contribution is 0.518. The first kappa shape index (κ1) is 11.2. The lowest BCUT2D eigenvalue weighted by Crippen LogP contribution is -2.02. The number of hydrogen-bond donors (Lipinski definition) is 1. The Morgan fingerprint density at radius 2 is 2.22 bits per heavy atom. The Kier molecular flexibility index (Phi) is 2.76. The summed E-state index contributed by atoms with van der Waals surface area (Å²) in [7, 11) is 0. The summed E-state index contributed by atoms with van der Waals surface area (Å²) < 4.78 is 6.40. The highest BCUT2D eigenvalue weighted by Crippen LogP contribution is 2.29. The Labute approximate surface area is 109 Å². The first-order valence-corrected chi connectivity index (χ1v) is 6.60. The predicted octanol–water partition coefficient (Wildman–Crippen LogP) is 3.51. The van der Waals surface area contributed by atoms with Crippen LogP contribution in [0.3, 0.4) is 0 Å². The highest BCUT2D eigenvalue weighted by atomic mass is 32.1. The lowest BCUT2D eigenvalue weighted by atomic mass is 10.3. The van der Waals surface area contributed by atoms with E-state index in [0.717, 1.165) is 27.6 Å². The number of nitrogens with one attached hydrogen (secondary N) is 1. The quantitative estimate of drug-likeness (QED) is 0.782. The van der Waals surface area contributed by atoms with Crippen LogP contribution in [0.5, 0.6) is 0 Å². The fourth-order valence-corrected chi connectivity index (χ4v) is 2.80. The summed E-state index contributed by atoms with van der Waals surface area (Å²) in [6, 6.07) is 3.82. The molecule has 0 radical (unpaired) electrons. The Hall–Kier alpha value is -1.88. The van der Waals surface area contributed by atoms with Gasteiger partial charge < -0.3 is 9.73 Å². The molecule has 0 atom stereocenters. The zero-order valence-electron chi connectivity index (χ0n) is 10.2. The molecule has 0 spiro atoms. The van der Waals surface area contributed by atoms with Gasteiger partial charge in [-0.05, 0) is 36.9 Å². The molecule has 0 amide bonds. The van der Waals surface area contributed by atoms with Gasteiger partial charge in [-0.3, -0.25) is 0 Å². The van der Waals surface area contributed by atoms with Crippen LogP contribution in [0.25, 0.3) is 10.2 Å². The van der Waals surface area contributed by atoms with E-state index in [-0.39, 0.29) is 0 Å². The van der Waals surface area contributed by atoms with Crippen LogP contribution in [-0.4, -0.2) is 9.97 Å². The molecule has 0 aromatic carbocycles. The third-order valence-corrected chi connectivity index (χ3v) is 3.81. The predicted molar refractivity (Wildman–Crippen MR) is 72.9 cm³/mol. The minimum atomic E-state index is 0.634. The second kappa shape index (κ2) is 4.42. The maximum atomic E-state index is 5.30. The Balaban J connectivity index is 1.95. The van der Waals surface area contributed by atoms with Gasteiger partial charge in [0.25, 0.3) is 0 Å². The summed E-state index contributed by atoms with van der Waals surface area (Å²) in [6.07, 6.45) is 1.67. The molecule has 18 heavy (non-hydrogen) atoms. The van der Waals surface area contributed by atoms with Gasteiger partial charge in [-0.25, -0.2) is 9.97 Å². The molecule has 0 fully saturated rings. The van der Waals surface area contributed by atoms with Crippen molar-refractivity contribution in [3.8, 4) is 0 Å². The molecule has 0 aliphatic heterocycles. The monoisotopic (exact) mass is 259 g/mol. The van der Waals surface area contributed by atoms with Gasteiger partial charge in [0.1, 0.15) is 17.4 Å². The van der Waals surface area contributed by atoms with Crippen LogP contribution in [0, 0.1) is 13.8 Å². The first-order valence-electron chi connectivity index (χ1n) is 5.73. The van der Waals surface area contributed by atoms with Crippen LogP contribution in [-0.2, 0) is 6.54 Å². The molecule has 4 nitrogen and oxygen atoms in total. The zero-order chi connectivity index (χ0) is 12.5. The van der Waals surface area contributed by atoms with Crippen molar-refractivity contribution in [3.63, 3.8) is 0 Å². The van der Waals surface area contributed by atoms with E-state index in [1.165, 1.54) is 5.56 Å². The molecule has 92 valence electrons. The van der Waals surface area contributed by atoms with Gasteiger partial charge in [-0.2, -0.15) is 0 Å². The van der Waals surface area contributed by atoms with Crippen LogP contribution < -0.4 is 5.32 Å². The van der Waals surface area contributed by atoms with Crippen LogP contribution in [0.1, 0.15) is 17.1 Å². The second-order valence-electron chi connectivity index (χ2n) is 4.15. The van der Waals surface area contributed by atoms with Gasteiger partial charge in [0.05, 0.1) is 23.0 Å². The number of aryl methyl sites for hydroxylation is 2. The Morgan fingerprint density at radius 1 is 1.33 bits per heavy atom. The maximum absolute atomic E-state index is 5.30. The molecule has 3 heterocycles. The van der Waals surface area contributed by atoms with E-state index in [1.54, 1.807) is 17.6 Å². The van der Waals surface area contributed by atoms with Gasteiger partial charge in [0.15, 0.2) is 0 Å². The molecule has 3 aromatic heterocycles. The SMILES string of the molecule is Cc1nc(NCc2ccco2)c2scc(C)c2n1. The van der Waals surface area contributed by atoms with Gasteiger partial charge in [0.2, 0.25) is 0 Å². The van der Waals surface area contributed by atoms with E-state index in [2.05, 4.69) is 27.6 Å². The Morgan fingerprint density at radius 3 is 3.00 bits per heavy atom. The summed E-state index contributed by atoms with van der Waals surface area (Å²) in [4.78, 5) is 8.94. The van der Waals surface area contributed by atoms with Crippen molar-refractivity contribution in [3.05, 3.63) is 40.9 Å². The van der Waals surface area contributed by atoms with Crippen LogP contribution in [0.15, 0.2) is 28.2 Å². The van der Waals surface area contributed by atoms with Crippen LogP contribution in [0.4, 0.5) is 5.82 Å². The molecular weight excluding hydrogens is 246 g/mol. The third-order valence-electron chi connectivity index (χ3n) is 2.71.